The summed E-state index contributed by atoms with van der Waals surface area (Å²) in [5.74, 6) is 0.307. The lowest BCUT2D eigenvalue weighted by molar-refractivity contribution is -0.116. The summed E-state index contributed by atoms with van der Waals surface area (Å²) in [5, 5.41) is 3.97. The van der Waals surface area contributed by atoms with Gasteiger partial charge in [0.15, 0.2) is 5.17 Å². The molecule has 0 aromatic heterocycles. The zero-order valence-electron chi connectivity index (χ0n) is 12.2. The van der Waals surface area contributed by atoms with Gasteiger partial charge in [0.2, 0.25) is 5.91 Å². The molecule has 1 aromatic rings. The molecule has 0 spiro atoms. The number of carbonyl (C=O) groups is 1. The van der Waals surface area contributed by atoms with E-state index in [1.807, 2.05) is 7.05 Å². The molecule has 1 saturated carbocycles. The van der Waals surface area contributed by atoms with Gasteiger partial charge in [-0.15, -0.1) is 0 Å². The van der Waals surface area contributed by atoms with Crippen molar-refractivity contribution in [1.82, 2.24) is 4.90 Å². The monoisotopic (exact) mass is 341 g/mol. The van der Waals surface area contributed by atoms with Gasteiger partial charge in [-0.3, -0.25) is 9.79 Å². The lowest BCUT2D eigenvalue weighted by Crippen LogP contribution is -2.33. The van der Waals surface area contributed by atoms with Crippen molar-refractivity contribution in [2.45, 2.75) is 31.3 Å². The molecule has 2 aliphatic rings. The van der Waals surface area contributed by atoms with Crippen molar-refractivity contribution in [2.75, 3.05) is 18.1 Å². The minimum Gasteiger partial charge on any atom is -0.350 e. The number of amidine groups is 1. The molecule has 0 radical (unpaired) electrons. The molecular formula is C15H17ClFN3OS. The number of hydrogen-bond acceptors (Lipinski definition) is 3. The van der Waals surface area contributed by atoms with E-state index < -0.39 is 5.82 Å². The van der Waals surface area contributed by atoms with Crippen LogP contribution in [0.4, 0.5) is 10.1 Å². The third-order valence-electron chi connectivity index (χ3n) is 3.72. The Balaban J connectivity index is 1.57. The Labute approximate surface area is 138 Å². The molecule has 0 bridgehead atoms. The van der Waals surface area contributed by atoms with Crippen molar-refractivity contribution in [2.24, 2.45) is 4.99 Å². The number of amides is 1. The molecule has 1 unspecified atom stereocenters. The fraction of sp³-hybridized carbons (Fsp3) is 0.467. The van der Waals surface area contributed by atoms with Crippen LogP contribution >= 0.6 is 23.4 Å². The van der Waals surface area contributed by atoms with E-state index in [1.165, 1.54) is 31.0 Å². The molecule has 1 amide bonds. The topological polar surface area (TPSA) is 44.7 Å². The second-order valence-corrected chi connectivity index (χ2v) is 6.99. The largest absolute Gasteiger partial charge is 0.350 e. The van der Waals surface area contributed by atoms with Gasteiger partial charge < -0.3 is 10.2 Å². The molecule has 1 aliphatic heterocycles. The highest BCUT2D eigenvalue weighted by atomic mass is 35.5. The van der Waals surface area contributed by atoms with Gasteiger partial charge in [-0.1, -0.05) is 23.4 Å². The summed E-state index contributed by atoms with van der Waals surface area (Å²) in [7, 11) is 1.98. The van der Waals surface area contributed by atoms with Gasteiger partial charge in [-0.2, -0.15) is 0 Å². The van der Waals surface area contributed by atoms with E-state index in [0.29, 0.717) is 18.2 Å². The highest BCUT2D eigenvalue weighted by Crippen LogP contribution is 2.31. The number of rotatable bonds is 4. The molecule has 4 nitrogen and oxygen atoms in total. The summed E-state index contributed by atoms with van der Waals surface area (Å²) in [5.41, 5.74) is 0.438. The van der Waals surface area contributed by atoms with Crippen molar-refractivity contribution in [3.63, 3.8) is 0 Å². The maximum Gasteiger partial charge on any atom is 0.226 e. The van der Waals surface area contributed by atoms with Crippen molar-refractivity contribution in [1.29, 1.82) is 0 Å². The number of halogens is 2. The first kappa shape index (κ1) is 15.6. The van der Waals surface area contributed by atoms with Gasteiger partial charge in [0.05, 0.1) is 16.8 Å². The Hall–Kier alpha value is -1.27. The Morgan fingerprint density at radius 3 is 3.00 bits per heavy atom. The zero-order chi connectivity index (χ0) is 15.7. The fourth-order valence-corrected chi connectivity index (χ4v) is 3.70. The number of anilines is 1. The van der Waals surface area contributed by atoms with E-state index in [0.717, 1.165) is 10.9 Å². The van der Waals surface area contributed by atoms with Gasteiger partial charge in [0, 0.05) is 25.3 Å². The van der Waals surface area contributed by atoms with E-state index in [1.54, 1.807) is 11.8 Å². The van der Waals surface area contributed by atoms with Crippen LogP contribution in [0, 0.1) is 5.82 Å². The number of hydrogen-bond donors (Lipinski definition) is 1. The van der Waals surface area contributed by atoms with Gasteiger partial charge in [0.1, 0.15) is 5.82 Å². The number of thioether (sulfide) groups is 1. The quantitative estimate of drug-likeness (QED) is 0.913. The molecule has 7 heteroatoms. The molecular weight excluding hydrogens is 325 g/mol. The standard InChI is InChI=1S/C15H17ClFN3OS/c1-20-11(8-22-15(20)18-10-3-4-10)7-14(21)19-13-5-2-9(17)6-12(13)16/h2,5-6,10-11H,3-4,7-8H2,1H3,(H,19,21). The average molecular weight is 342 g/mol. The summed E-state index contributed by atoms with van der Waals surface area (Å²) >= 11 is 7.62. The Morgan fingerprint density at radius 2 is 2.32 bits per heavy atom. The molecule has 1 aromatic carbocycles. The van der Waals surface area contributed by atoms with Crippen LogP contribution in [0.2, 0.25) is 5.02 Å². The molecule has 1 heterocycles. The van der Waals surface area contributed by atoms with Gasteiger partial charge in [0.25, 0.3) is 0 Å². The number of benzene rings is 1. The maximum absolute atomic E-state index is 13.0. The zero-order valence-corrected chi connectivity index (χ0v) is 13.8. The maximum atomic E-state index is 13.0. The molecule has 2 fully saturated rings. The van der Waals surface area contributed by atoms with E-state index in [4.69, 9.17) is 11.6 Å². The van der Waals surface area contributed by atoms with Gasteiger partial charge >= 0.3 is 0 Å². The van der Waals surface area contributed by atoms with E-state index in [-0.39, 0.29) is 17.0 Å². The van der Waals surface area contributed by atoms with Crippen LogP contribution in [0.1, 0.15) is 19.3 Å². The van der Waals surface area contributed by atoms with Crippen molar-refractivity contribution in [3.8, 4) is 0 Å². The first-order chi connectivity index (χ1) is 10.5. The minimum absolute atomic E-state index is 0.126. The van der Waals surface area contributed by atoms with Crippen LogP contribution in [0.3, 0.4) is 0 Å². The summed E-state index contributed by atoms with van der Waals surface area (Å²) in [4.78, 5) is 18.9. The summed E-state index contributed by atoms with van der Waals surface area (Å²) in [6.07, 6.45) is 2.71. The second-order valence-electron chi connectivity index (χ2n) is 5.60. The van der Waals surface area contributed by atoms with E-state index in [9.17, 15) is 9.18 Å². The van der Waals surface area contributed by atoms with Crippen LogP contribution in [0.25, 0.3) is 0 Å². The molecule has 1 aliphatic carbocycles. The van der Waals surface area contributed by atoms with Crippen LogP contribution in [0.5, 0.6) is 0 Å². The van der Waals surface area contributed by atoms with Crippen molar-refractivity contribution < 1.29 is 9.18 Å². The van der Waals surface area contributed by atoms with Crippen LogP contribution < -0.4 is 5.32 Å². The normalized spacial score (nSPS) is 23.1. The number of nitrogens with one attached hydrogen (secondary N) is 1. The van der Waals surface area contributed by atoms with Crippen molar-refractivity contribution in [3.05, 3.63) is 29.0 Å². The molecule has 1 N–H and O–H groups in total. The molecule has 118 valence electrons. The summed E-state index contributed by atoms with van der Waals surface area (Å²) in [6.45, 7) is 0. The Bertz CT molecular complexity index is 621. The van der Waals surface area contributed by atoms with Crippen molar-refractivity contribution >= 4 is 40.1 Å². The first-order valence-corrected chi connectivity index (χ1v) is 8.57. The predicted octanol–water partition coefficient (Wildman–Crippen LogP) is 3.37. The highest BCUT2D eigenvalue weighted by molar-refractivity contribution is 8.14. The molecule has 1 atom stereocenters. The Kier molecular flexibility index (Phi) is 4.59. The van der Waals surface area contributed by atoms with Crippen LogP contribution in [0.15, 0.2) is 23.2 Å². The number of aliphatic imine (C=N–C) groups is 1. The number of carbonyl (C=O) groups excluding carboxylic acids is 1. The first-order valence-electron chi connectivity index (χ1n) is 7.21. The van der Waals surface area contributed by atoms with Gasteiger partial charge in [-0.25, -0.2) is 4.39 Å². The third kappa shape index (κ3) is 3.73. The predicted molar refractivity (Wildman–Crippen MR) is 89.1 cm³/mol. The molecule has 1 saturated heterocycles. The second kappa shape index (κ2) is 6.46. The smallest absolute Gasteiger partial charge is 0.226 e. The summed E-state index contributed by atoms with van der Waals surface area (Å²) < 4.78 is 13.0. The molecule has 22 heavy (non-hydrogen) atoms. The third-order valence-corrected chi connectivity index (χ3v) is 5.24. The lowest BCUT2D eigenvalue weighted by Gasteiger charge is -2.20. The minimum atomic E-state index is -0.421. The lowest BCUT2D eigenvalue weighted by atomic mass is 10.2. The molecule has 3 rings (SSSR count). The van der Waals surface area contributed by atoms with E-state index in [2.05, 4.69) is 15.2 Å². The number of nitrogens with zero attached hydrogens (tertiary/aromatic N) is 2. The Morgan fingerprint density at radius 1 is 1.55 bits per heavy atom. The fourth-order valence-electron chi connectivity index (χ4n) is 2.23. The summed E-state index contributed by atoms with van der Waals surface area (Å²) in [6, 6.07) is 4.55. The SMILES string of the molecule is CN1C(=NC2CC2)SCC1CC(=O)Nc1ccc(F)cc1Cl. The van der Waals surface area contributed by atoms with Crippen LogP contribution in [-0.4, -0.2) is 40.9 Å². The highest BCUT2D eigenvalue weighted by Gasteiger charge is 2.31. The average Bonchev–Trinajstić information content (AvgIpc) is 3.22. The van der Waals surface area contributed by atoms with E-state index >= 15 is 0 Å². The van der Waals surface area contributed by atoms with Crippen LogP contribution in [-0.2, 0) is 4.79 Å². The van der Waals surface area contributed by atoms with Gasteiger partial charge in [-0.05, 0) is 31.0 Å².